The van der Waals surface area contributed by atoms with Crippen molar-refractivity contribution in [1.29, 1.82) is 0 Å². The van der Waals surface area contributed by atoms with Crippen molar-refractivity contribution in [1.82, 2.24) is 10.2 Å². The average Bonchev–Trinajstić information content (AvgIpc) is 3.10. The number of aromatic nitrogens is 2. The summed E-state index contributed by atoms with van der Waals surface area (Å²) < 4.78 is 5.53. The molecule has 25 heavy (non-hydrogen) atoms. The lowest BCUT2D eigenvalue weighted by atomic mass is 10.2. The number of nitrogens with zero attached hydrogens (tertiary/aromatic N) is 3. The average molecular weight is 354 g/mol. The van der Waals surface area contributed by atoms with Crippen LogP contribution in [0.15, 0.2) is 57.8 Å². The molecule has 0 bridgehead atoms. The van der Waals surface area contributed by atoms with E-state index in [1.807, 2.05) is 61.6 Å². The Balaban J connectivity index is 1.70. The number of anilines is 2. The lowest BCUT2D eigenvalue weighted by Crippen LogP contribution is -2.13. The fraction of sp³-hybridized carbons (Fsp3) is 0.167. The van der Waals surface area contributed by atoms with Crippen LogP contribution in [0.4, 0.5) is 11.7 Å². The van der Waals surface area contributed by atoms with E-state index in [2.05, 4.69) is 15.5 Å². The third-order valence-corrected chi connectivity index (χ3v) is 4.37. The Morgan fingerprint density at radius 2 is 1.72 bits per heavy atom. The lowest BCUT2D eigenvalue weighted by Gasteiger charge is -2.12. The molecule has 1 N–H and O–H groups in total. The van der Waals surface area contributed by atoms with Crippen LogP contribution in [0.5, 0.6) is 0 Å². The smallest absolute Gasteiger partial charge is 0.322 e. The van der Waals surface area contributed by atoms with Gasteiger partial charge >= 0.3 is 6.01 Å². The van der Waals surface area contributed by atoms with E-state index < -0.39 is 0 Å². The first-order chi connectivity index (χ1) is 12.1. The van der Waals surface area contributed by atoms with Gasteiger partial charge in [0.2, 0.25) is 5.89 Å². The van der Waals surface area contributed by atoms with Gasteiger partial charge in [0.05, 0.1) is 0 Å². The first kappa shape index (κ1) is 17.0. The zero-order valence-electron chi connectivity index (χ0n) is 14.2. The number of amides is 1. The Labute approximate surface area is 150 Å². The number of hydrogen-bond donors (Lipinski definition) is 1. The van der Waals surface area contributed by atoms with Gasteiger partial charge in [0.25, 0.3) is 5.91 Å². The van der Waals surface area contributed by atoms with Crippen LogP contribution in [-0.4, -0.2) is 36.5 Å². The molecule has 0 aliphatic carbocycles. The summed E-state index contributed by atoms with van der Waals surface area (Å²) in [4.78, 5) is 15.4. The largest absolute Gasteiger partial charge is 0.403 e. The van der Waals surface area contributed by atoms with Gasteiger partial charge in [-0.2, -0.15) is 0 Å². The molecule has 128 valence electrons. The molecule has 0 fully saturated rings. The van der Waals surface area contributed by atoms with Crippen LogP contribution < -0.4 is 10.2 Å². The van der Waals surface area contributed by atoms with Crippen LogP contribution in [0.3, 0.4) is 0 Å². The van der Waals surface area contributed by atoms with Gasteiger partial charge in [-0.1, -0.05) is 5.10 Å². The van der Waals surface area contributed by atoms with Crippen molar-refractivity contribution in [3.63, 3.8) is 0 Å². The number of carbonyl (C=O) groups excluding carboxylic acids is 1. The molecule has 1 aromatic heterocycles. The first-order valence-corrected chi connectivity index (χ1v) is 8.86. The Morgan fingerprint density at radius 1 is 1.04 bits per heavy atom. The fourth-order valence-corrected chi connectivity index (χ4v) is 2.61. The van der Waals surface area contributed by atoms with Gasteiger partial charge in [-0.3, -0.25) is 10.1 Å². The van der Waals surface area contributed by atoms with Crippen molar-refractivity contribution in [2.75, 3.05) is 30.6 Å². The number of rotatable bonds is 5. The minimum Gasteiger partial charge on any atom is -0.403 e. The van der Waals surface area contributed by atoms with Crippen LogP contribution >= 0.6 is 11.8 Å². The zero-order valence-corrected chi connectivity index (χ0v) is 15.0. The topological polar surface area (TPSA) is 71.3 Å². The van der Waals surface area contributed by atoms with Crippen LogP contribution in [0.1, 0.15) is 10.4 Å². The van der Waals surface area contributed by atoms with E-state index in [1.165, 1.54) is 0 Å². The van der Waals surface area contributed by atoms with Crippen LogP contribution in [-0.2, 0) is 0 Å². The summed E-state index contributed by atoms with van der Waals surface area (Å²) >= 11 is 1.66. The summed E-state index contributed by atoms with van der Waals surface area (Å²) in [5.41, 5.74) is 2.35. The molecule has 0 saturated heterocycles. The van der Waals surface area contributed by atoms with E-state index in [-0.39, 0.29) is 11.9 Å². The van der Waals surface area contributed by atoms with Crippen molar-refractivity contribution in [3.8, 4) is 11.5 Å². The van der Waals surface area contributed by atoms with Crippen LogP contribution in [0, 0.1) is 0 Å². The van der Waals surface area contributed by atoms with Gasteiger partial charge in [-0.15, -0.1) is 16.9 Å². The monoisotopic (exact) mass is 354 g/mol. The van der Waals surface area contributed by atoms with Gasteiger partial charge in [0, 0.05) is 35.8 Å². The molecule has 0 saturated carbocycles. The molecule has 3 aromatic rings. The molecule has 2 aromatic carbocycles. The molecule has 0 spiro atoms. The minimum atomic E-state index is -0.293. The van der Waals surface area contributed by atoms with Gasteiger partial charge < -0.3 is 9.32 Å². The highest BCUT2D eigenvalue weighted by molar-refractivity contribution is 7.98. The third-order valence-electron chi connectivity index (χ3n) is 3.63. The first-order valence-electron chi connectivity index (χ1n) is 7.63. The Bertz CT molecular complexity index is 858. The maximum atomic E-state index is 12.3. The summed E-state index contributed by atoms with van der Waals surface area (Å²) in [7, 11) is 3.89. The molecule has 0 aliphatic rings. The maximum absolute atomic E-state index is 12.3. The molecule has 1 amide bonds. The van der Waals surface area contributed by atoms with Crippen molar-refractivity contribution in [3.05, 3.63) is 54.1 Å². The van der Waals surface area contributed by atoms with E-state index in [9.17, 15) is 4.79 Å². The van der Waals surface area contributed by atoms with E-state index in [1.54, 1.807) is 23.9 Å². The summed E-state index contributed by atoms with van der Waals surface area (Å²) in [5, 5.41) is 10.5. The number of benzene rings is 2. The summed E-state index contributed by atoms with van der Waals surface area (Å²) in [6.07, 6.45) is 2.01. The van der Waals surface area contributed by atoms with E-state index in [4.69, 9.17) is 4.42 Å². The minimum absolute atomic E-state index is 0.0747. The van der Waals surface area contributed by atoms with Crippen molar-refractivity contribution >= 4 is 29.4 Å². The molecule has 7 heteroatoms. The quantitative estimate of drug-likeness (QED) is 0.703. The highest BCUT2D eigenvalue weighted by Gasteiger charge is 2.13. The van der Waals surface area contributed by atoms with Gasteiger partial charge in [0.15, 0.2) is 0 Å². The predicted octanol–water partition coefficient (Wildman–Crippen LogP) is 3.78. The van der Waals surface area contributed by atoms with Crippen molar-refractivity contribution in [2.45, 2.75) is 4.90 Å². The Morgan fingerprint density at radius 3 is 2.32 bits per heavy atom. The zero-order chi connectivity index (χ0) is 17.8. The molecular weight excluding hydrogens is 336 g/mol. The molecule has 6 nitrogen and oxygen atoms in total. The molecule has 3 rings (SSSR count). The van der Waals surface area contributed by atoms with Crippen LogP contribution in [0.25, 0.3) is 11.5 Å². The maximum Gasteiger partial charge on any atom is 0.322 e. The standard InChI is InChI=1S/C18H18N4O2S/c1-22(2)14-8-4-12(5-9-14)16(23)19-18-21-20-17(24-18)13-6-10-15(25-3)11-7-13/h4-11H,1-3H3,(H,19,21,23). The van der Waals surface area contributed by atoms with E-state index in [0.717, 1.165) is 16.1 Å². The number of thioether (sulfide) groups is 1. The number of nitrogens with one attached hydrogen (secondary N) is 1. The Kier molecular flexibility index (Phi) is 5.04. The lowest BCUT2D eigenvalue weighted by molar-refractivity contribution is 0.102. The Hall–Kier alpha value is -2.80. The van der Waals surface area contributed by atoms with Crippen molar-refractivity contribution < 1.29 is 9.21 Å². The molecule has 0 aliphatic heterocycles. The second-order valence-electron chi connectivity index (χ2n) is 5.54. The van der Waals surface area contributed by atoms with Crippen molar-refractivity contribution in [2.24, 2.45) is 0 Å². The third kappa shape index (κ3) is 4.00. The second kappa shape index (κ2) is 7.40. The number of carbonyl (C=O) groups is 1. The number of hydrogen-bond acceptors (Lipinski definition) is 6. The summed E-state index contributed by atoms with van der Waals surface area (Å²) in [6, 6.07) is 15.1. The van der Waals surface area contributed by atoms with E-state index >= 15 is 0 Å². The highest BCUT2D eigenvalue weighted by Crippen LogP contribution is 2.23. The molecular formula is C18H18N4O2S. The predicted molar refractivity (Wildman–Crippen MR) is 100 cm³/mol. The van der Waals surface area contributed by atoms with E-state index in [0.29, 0.717) is 11.5 Å². The van der Waals surface area contributed by atoms with Gasteiger partial charge in [0.1, 0.15) is 0 Å². The molecule has 0 radical (unpaired) electrons. The molecule has 0 atom stereocenters. The van der Waals surface area contributed by atoms with Gasteiger partial charge in [-0.25, -0.2) is 0 Å². The summed E-state index contributed by atoms with van der Waals surface area (Å²) in [6.45, 7) is 0. The van der Waals surface area contributed by atoms with Gasteiger partial charge in [-0.05, 0) is 54.8 Å². The fourth-order valence-electron chi connectivity index (χ4n) is 2.20. The van der Waals surface area contributed by atoms with Crippen LogP contribution in [0.2, 0.25) is 0 Å². The normalized spacial score (nSPS) is 10.5. The molecule has 0 unspecified atom stereocenters. The second-order valence-corrected chi connectivity index (χ2v) is 6.42. The summed E-state index contributed by atoms with van der Waals surface area (Å²) in [5.74, 6) is 0.0733. The SMILES string of the molecule is CSc1ccc(-c2nnc(NC(=O)c3ccc(N(C)C)cc3)o2)cc1. The molecule has 1 heterocycles. The highest BCUT2D eigenvalue weighted by atomic mass is 32.2.